The number of hydrogen-bond acceptors (Lipinski definition) is 4. The van der Waals surface area contributed by atoms with E-state index in [2.05, 4.69) is 32.7 Å². The summed E-state index contributed by atoms with van der Waals surface area (Å²) in [6, 6.07) is 1.24. The molecule has 0 saturated carbocycles. The van der Waals surface area contributed by atoms with Crippen molar-refractivity contribution in [2.45, 2.75) is 29.9 Å². The number of halogens is 6. The van der Waals surface area contributed by atoms with E-state index in [1.54, 1.807) is 0 Å². The molecule has 144 valence electrons. The Morgan fingerprint density at radius 3 is 2.67 bits per heavy atom. The molecule has 2 heterocycles. The molecule has 11 heteroatoms. The van der Waals surface area contributed by atoms with Crippen LogP contribution in [0.25, 0.3) is 16.8 Å². The molecule has 0 N–H and O–H groups in total. The Balaban J connectivity index is 2.21. The number of nitrogens with zero attached hydrogens (tertiary/aromatic N) is 3. The maximum Gasteiger partial charge on any atom is 0.418 e. The van der Waals surface area contributed by atoms with Crippen LogP contribution in [0, 0.1) is 5.82 Å². The molecule has 2 aromatic heterocycles. The highest BCUT2D eigenvalue weighted by Gasteiger charge is 2.32. The summed E-state index contributed by atoms with van der Waals surface area (Å²) in [6.07, 6.45) is -3.01. The van der Waals surface area contributed by atoms with Crippen molar-refractivity contribution in [3.8, 4) is 5.69 Å². The SMILES string of the molecule is CCC(I)Cc1nc2c(-n3ncc(C(F)(F)F)cc3=O)c(F)cc(Cl)c2o1. The van der Waals surface area contributed by atoms with Crippen molar-refractivity contribution in [3.63, 3.8) is 0 Å². The van der Waals surface area contributed by atoms with Crippen molar-refractivity contribution in [3.05, 3.63) is 51.0 Å². The summed E-state index contributed by atoms with van der Waals surface area (Å²) in [5, 5.41) is 3.40. The molecular weight excluding hydrogens is 505 g/mol. The van der Waals surface area contributed by atoms with Crippen LogP contribution < -0.4 is 5.56 Å². The Morgan fingerprint density at radius 1 is 1.37 bits per heavy atom. The van der Waals surface area contributed by atoms with Gasteiger partial charge in [-0.2, -0.15) is 23.0 Å². The minimum absolute atomic E-state index is 0.0383. The minimum Gasteiger partial charge on any atom is -0.439 e. The van der Waals surface area contributed by atoms with Crippen molar-refractivity contribution in [1.82, 2.24) is 14.8 Å². The van der Waals surface area contributed by atoms with Gasteiger partial charge in [0.15, 0.2) is 17.3 Å². The zero-order valence-electron chi connectivity index (χ0n) is 13.6. The average molecular weight is 516 g/mol. The fourth-order valence-electron chi connectivity index (χ4n) is 2.40. The average Bonchev–Trinajstić information content (AvgIpc) is 2.99. The lowest BCUT2D eigenvalue weighted by Gasteiger charge is -2.09. The summed E-state index contributed by atoms with van der Waals surface area (Å²) >= 11 is 8.20. The highest BCUT2D eigenvalue weighted by Crippen LogP contribution is 2.32. The number of oxazole rings is 1. The van der Waals surface area contributed by atoms with Crippen molar-refractivity contribution in [2.75, 3.05) is 0 Å². The van der Waals surface area contributed by atoms with Gasteiger partial charge in [-0.05, 0) is 12.5 Å². The molecule has 0 amide bonds. The number of rotatable bonds is 4. The van der Waals surface area contributed by atoms with E-state index in [4.69, 9.17) is 16.0 Å². The molecule has 0 radical (unpaired) electrons. The van der Waals surface area contributed by atoms with E-state index >= 15 is 0 Å². The first-order valence-electron chi connectivity index (χ1n) is 7.70. The topological polar surface area (TPSA) is 60.9 Å². The number of fused-ring (bicyclic) bond motifs is 1. The Hall–Kier alpha value is -1.69. The third-order valence-electron chi connectivity index (χ3n) is 3.77. The predicted octanol–water partition coefficient (Wildman–Crippen LogP) is 4.94. The van der Waals surface area contributed by atoms with E-state index in [1.807, 2.05) is 6.92 Å². The van der Waals surface area contributed by atoms with E-state index in [-0.39, 0.29) is 25.9 Å². The van der Waals surface area contributed by atoms with Gasteiger partial charge in [0.25, 0.3) is 5.56 Å². The van der Waals surface area contributed by atoms with E-state index in [9.17, 15) is 22.4 Å². The second kappa shape index (κ2) is 7.38. The van der Waals surface area contributed by atoms with Crippen LogP contribution in [0.1, 0.15) is 24.8 Å². The lowest BCUT2D eigenvalue weighted by molar-refractivity contribution is -0.138. The first-order chi connectivity index (χ1) is 12.6. The van der Waals surface area contributed by atoms with Gasteiger partial charge in [-0.3, -0.25) is 4.79 Å². The van der Waals surface area contributed by atoms with Crippen LogP contribution in [0.2, 0.25) is 5.02 Å². The lowest BCUT2D eigenvalue weighted by Crippen LogP contribution is -2.24. The molecule has 1 unspecified atom stereocenters. The summed E-state index contributed by atoms with van der Waals surface area (Å²) in [6.45, 7) is 1.98. The quantitative estimate of drug-likeness (QED) is 0.281. The third-order valence-corrected chi connectivity index (χ3v) is 5.37. The zero-order chi connectivity index (χ0) is 19.9. The largest absolute Gasteiger partial charge is 0.439 e. The van der Waals surface area contributed by atoms with Crippen LogP contribution >= 0.6 is 34.2 Å². The maximum absolute atomic E-state index is 14.5. The van der Waals surface area contributed by atoms with Gasteiger partial charge in [0, 0.05) is 16.4 Å². The minimum atomic E-state index is -4.74. The molecule has 0 bridgehead atoms. The van der Waals surface area contributed by atoms with Crippen LogP contribution in [0.4, 0.5) is 17.6 Å². The fourth-order valence-corrected chi connectivity index (χ4v) is 3.00. The monoisotopic (exact) mass is 515 g/mol. The molecule has 3 rings (SSSR count). The Morgan fingerprint density at radius 2 is 2.07 bits per heavy atom. The molecule has 0 saturated heterocycles. The Labute approximate surface area is 168 Å². The molecule has 1 atom stereocenters. The molecule has 27 heavy (non-hydrogen) atoms. The lowest BCUT2D eigenvalue weighted by atomic mass is 10.2. The molecule has 0 aliphatic carbocycles. The van der Waals surface area contributed by atoms with E-state index in [0.29, 0.717) is 23.4 Å². The van der Waals surface area contributed by atoms with Gasteiger partial charge in [0.1, 0.15) is 11.2 Å². The van der Waals surface area contributed by atoms with Crippen LogP contribution in [0.5, 0.6) is 0 Å². The molecule has 0 spiro atoms. The fraction of sp³-hybridized carbons (Fsp3) is 0.312. The highest BCUT2D eigenvalue weighted by molar-refractivity contribution is 14.1. The maximum atomic E-state index is 14.5. The van der Waals surface area contributed by atoms with Crippen molar-refractivity contribution in [1.29, 1.82) is 0 Å². The molecule has 1 aromatic carbocycles. The van der Waals surface area contributed by atoms with Crippen LogP contribution in [0.15, 0.2) is 27.5 Å². The third kappa shape index (κ3) is 3.96. The standard InChI is InChI=1S/C16H11ClF4IN3O2/c1-2-8(22)4-11-24-13-14(10(18)5-9(17)15(13)27-11)25-12(26)3-7(6-23-25)16(19,20)21/h3,5-6,8H,2,4H2,1H3. The number of hydrogen-bond donors (Lipinski definition) is 0. The molecule has 0 aliphatic rings. The molecule has 0 fully saturated rings. The summed E-state index contributed by atoms with van der Waals surface area (Å²) in [7, 11) is 0. The van der Waals surface area contributed by atoms with Crippen LogP contribution in [-0.4, -0.2) is 18.7 Å². The highest BCUT2D eigenvalue weighted by atomic mass is 127. The Kier molecular flexibility index (Phi) is 5.48. The summed E-state index contributed by atoms with van der Waals surface area (Å²) < 4.78 is 59.0. The van der Waals surface area contributed by atoms with E-state index in [0.717, 1.165) is 12.5 Å². The number of alkyl halides is 4. The van der Waals surface area contributed by atoms with Gasteiger partial charge < -0.3 is 4.42 Å². The Bertz CT molecular complexity index is 1060. The second-order valence-corrected chi connectivity index (χ2v) is 7.84. The van der Waals surface area contributed by atoms with Crippen molar-refractivity contribution in [2.24, 2.45) is 0 Å². The first-order valence-corrected chi connectivity index (χ1v) is 9.32. The van der Waals surface area contributed by atoms with Gasteiger partial charge in [0.2, 0.25) is 0 Å². The molecular formula is C16H11ClF4IN3O2. The summed E-state index contributed by atoms with van der Waals surface area (Å²) in [5.41, 5.74) is -2.84. The molecule has 0 aliphatic heterocycles. The second-order valence-electron chi connectivity index (χ2n) is 5.68. The smallest absolute Gasteiger partial charge is 0.418 e. The summed E-state index contributed by atoms with van der Waals surface area (Å²) in [5.74, 6) is -0.678. The van der Waals surface area contributed by atoms with Crippen LogP contribution in [-0.2, 0) is 12.6 Å². The number of benzene rings is 1. The number of aromatic nitrogens is 3. The zero-order valence-corrected chi connectivity index (χ0v) is 16.6. The first kappa shape index (κ1) is 20.1. The molecule has 3 aromatic rings. The van der Waals surface area contributed by atoms with Crippen LogP contribution in [0.3, 0.4) is 0 Å². The van der Waals surface area contributed by atoms with Gasteiger partial charge in [-0.25, -0.2) is 9.37 Å². The van der Waals surface area contributed by atoms with E-state index < -0.39 is 28.8 Å². The van der Waals surface area contributed by atoms with Gasteiger partial charge in [-0.15, -0.1) is 0 Å². The van der Waals surface area contributed by atoms with Gasteiger partial charge in [0.05, 0.1) is 16.8 Å². The predicted molar refractivity (Wildman–Crippen MR) is 99.2 cm³/mol. The molecule has 5 nitrogen and oxygen atoms in total. The van der Waals surface area contributed by atoms with Gasteiger partial charge in [-0.1, -0.05) is 41.1 Å². The van der Waals surface area contributed by atoms with Crippen molar-refractivity contribution < 1.29 is 22.0 Å². The van der Waals surface area contributed by atoms with Crippen molar-refractivity contribution >= 4 is 45.3 Å². The van der Waals surface area contributed by atoms with Gasteiger partial charge >= 0.3 is 6.18 Å². The van der Waals surface area contributed by atoms with E-state index in [1.165, 1.54) is 0 Å². The normalized spacial score (nSPS) is 13.3. The summed E-state index contributed by atoms with van der Waals surface area (Å²) in [4.78, 5) is 16.3.